The second-order valence-electron chi connectivity index (χ2n) is 3.70. The molecule has 0 aliphatic carbocycles. The lowest BCUT2D eigenvalue weighted by molar-refractivity contribution is -0.119. The van der Waals surface area contributed by atoms with Crippen LogP contribution >= 0.6 is 11.3 Å². The number of carbonyl (C=O) groups excluding carboxylic acids is 2. The van der Waals surface area contributed by atoms with Crippen LogP contribution in [0.3, 0.4) is 0 Å². The van der Waals surface area contributed by atoms with Crippen molar-refractivity contribution in [1.29, 1.82) is 0 Å². The predicted octanol–water partition coefficient (Wildman–Crippen LogP) is 0.666. The molecular formula is C10H15N3O2S. The maximum atomic E-state index is 12.1. The lowest BCUT2D eigenvalue weighted by Gasteiger charge is -2.24. The third kappa shape index (κ3) is 2.73. The Morgan fingerprint density at radius 3 is 2.50 bits per heavy atom. The molecule has 1 rings (SSSR count). The van der Waals surface area contributed by atoms with Gasteiger partial charge in [-0.2, -0.15) is 0 Å². The molecule has 0 atom stereocenters. The molecule has 0 spiro atoms. The predicted molar refractivity (Wildman–Crippen MR) is 64.1 cm³/mol. The summed E-state index contributed by atoms with van der Waals surface area (Å²) in [5, 5.41) is 1.74. The quantitative estimate of drug-likeness (QED) is 0.811. The van der Waals surface area contributed by atoms with Crippen molar-refractivity contribution in [2.45, 2.75) is 19.9 Å². The van der Waals surface area contributed by atoms with Crippen molar-refractivity contribution in [1.82, 2.24) is 4.90 Å². The topological polar surface area (TPSA) is 89.4 Å². The molecule has 88 valence electrons. The molecule has 0 aromatic carbocycles. The summed E-state index contributed by atoms with van der Waals surface area (Å²) in [6.45, 7) is 3.56. The minimum absolute atomic E-state index is 0.0894. The van der Waals surface area contributed by atoms with E-state index in [0.717, 1.165) is 0 Å². The maximum Gasteiger partial charge on any atom is 0.266 e. The fraction of sp³-hybridized carbons (Fsp3) is 0.400. The average Bonchev–Trinajstić information content (AvgIpc) is 2.59. The van der Waals surface area contributed by atoms with Gasteiger partial charge in [0.2, 0.25) is 5.91 Å². The van der Waals surface area contributed by atoms with Crippen molar-refractivity contribution in [3.63, 3.8) is 0 Å². The van der Waals surface area contributed by atoms with E-state index in [4.69, 9.17) is 11.5 Å². The van der Waals surface area contributed by atoms with E-state index in [2.05, 4.69) is 0 Å². The SMILES string of the molecule is CC(C)N(CC(N)=O)C(=O)c1sccc1N. The highest BCUT2D eigenvalue weighted by Gasteiger charge is 2.22. The number of hydrogen-bond acceptors (Lipinski definition) is 4. The van der Waals surface area contributed by atoms with E-state index in [-0.39, 0.29) is 18.5 Å². The molecule has 0 aliphatic heterocycles. The van der Waals surface area contributed by atoms with Crippen molar-refractivity contribution in [3.05, 3.63) is 16.3 Å². The second kappa shape index (κ2) is 4.98. The first-order valence-corrected chi connectivity index (χ1v) is 5.73. The molecule has 0 saturated heterocycles. The Morgan fingerprint density at radius 1 is 1.50 bits per heavy atom. The van der Waals surface area contributed by atoms with Gasteiger partial charge in [0, 0.05) is 6.04 Å². The fourth-order valence-corrected chi connectivity index (χ4v) is 2.05. The Hall–Kier alpha value is -1.56. The van der Waals surface area contributed by atoms with Crippen LogP contribution in [0.2, 0.25) is 0 Å². The standard InChI is InChI=1S/C10H15N3O2S/c1-6(2)13(5-8(12)14)10(15)9-7(11)3-4-16-9/h3-4,6H,5,11H2,1-2H3,(H2,12,14). The molecule has 5 nitrogen and oxygen atoms in total. The summed E-state index contributed by atoms with van der Waals surface area (Å²) in [5.41, 5.74) is 11.2. The van der Waals surface area contributed by atoms with Gasteiger partial charge in [0.05, 0.1) is 12.2 Å². The highest BCUT2D eigenvalue weighted by molar-refractivity contribution is 7.12. The fourth-order valence-electron chi connectivity index (χ4n) is 1.28. The van der Waals surface area contributed by atoms with Gasteiger partial charge in [-0.05, 0) is 25.3 Å². The first-order valence-electron chi connectivity index (χ1n) is 4.85. The Labute approximate surface area is 98.0 Å². The summed E-state index contributed by atoms with van der Waals surface area (Å²) >= 11 is 1.26. The second-order valence-corrected chi connectivity index (χ2v) is 4.61. The third-order valence-electron chi connectivity index (χ3n) is 2.10. The van der Waals surface area contributed by atoms with Crippen LogP contribution in [0.5, 0.6) is 0 Å². The monoisotopic (exact) mass is 241 g/mol. The lowest BCUT2D eigenvalue weighted by Crippen LogP contribution is -2.42. The summed E-state index contributed by atoms with van der Waals surface area (Å²) in [4.78, 5) is 24.8. The normalized spacial score (nSPS) is 10.4. The molecular weight excluding hydrogens is 226 g/mol. The number of amides is 2. The van der Waals surface area contributed by atoms with Crippen molar-refractivity contribution in [2.75, 3.05) is 12.3 Å². The number of anilines is 1. The van der Waals surface area contributed by atoms with Crippen LogP contribution in [0.4, 0.5) is 5.69 Å². The minimum atomic E-state index is -0.530. The number of rotatable bonds is 4. The Kier molecular flexibility index (Phi) is 3.89. The molecule has 0 unspecified atom stereocenters. The molecule has 16 heavy (non-hydrogen) atoms. The van der Waals surface area contributed by atoms with Gasteiger partial charge in [0.25, 0.3) is 5.91 Å². The number of nitrogens with two attached hydrogens (primary N) is 2. The highest BCUT2D eigenvalue weighted by atomic mass is 32.1. The molecule has 2 amide bonds. The Balaban J connectivity index is 2.92. The maximum absolute atomic E-state index is 12.1. The van der Waals surface area contributed by atoms with Crippen molar-refractivity contribution < 1.29 is 9.59 Å². The number of carbonyl (C=O) groups is 2. The van der Waals surface area contributed by atoms with Crippen LogP contribution in [-0.4, -0.2) is 29.3 Å². The average molecular weight is 241 g/mol. The van der Waals surface area contributed by atoms with Crippen LogP contribution in [0.1, 0.15) is 23.5 Å². The van der Waals surface area contributed by atoms with E-state index in [0.29, 0.717) is 10.6 Å². The molecule has 0 aliphatic rings. The van der Waals surface area contributed by atoms with Gasteiger partial charge >= 0.3 is 0 Å². The van der Waals surface area contributed by atoms with Crippen molar-refractivity contribution in [3.8, 4) is 0 Å². The summed E-state index contributed by atoms with van der Waals surface area (Å²) in [6.07, 6.45) is 0. The van der Waals surface area contributed by atoms with Crippen LogP contribution in [0.25, 0.3) is 0 Å². The first kappa shape index (κ1) is 12.5. The molecule has 1 aromatic rings. The molecule has 0 fully saturated rings. The molecule has 0 saturated carbocycles. The van der Waals surface area contributed by atoms with Crippen molar-refractivity contribution in [2.24, 2.45) is 5.73 Å². The first-order chi connectivity index (χ1) is 7.43. The van der Waals surface area contributed by atoms with Crippen LogP contribution in [-0.2, 0) is 4.79 Å². The highest BCUT2D eigenvalue weighted by Crippen LogP contribution is 2.21. The van der Waals surface area contributed by atoms with Gasteiger partial charge in [-0.3, -0.25) is 9.59 Å². The Bertz CT molecular complexity index is 401. The zero-order valence-electron chi connectivity index (χ0n) is 9.27. The summed E-state index contributed by atoms with van der Waals surface area (Å²) in [7, 11) is 0. The van der Waals surface area contributed by atoms with E-state index in [1.807, 2.05) is 13.8 Å². The molecule has 1 aromatic heterocycles. The lowest BCUT2D eigenvalue weighted by atomic mass is 10.2. The van der Waals surface area contributed by atoms with Gasteiger partial charge in [-0.15, -0.1) is 11.3 Å². The van der Waals surface area contributed by atoms with Gasteiger partial charge in [0.15, 0.2) is 0 Å². The smallest absolute Gasteiger partial charge is 0.266 e. The van der Waals surface area contributed by atoms with E-state index < -0.39 is 5.91 Å². The number of nitrogens with zero attached hydrogens (tertiary/aromatic N) is 1. The van der Waals surface area contributed by atoms with Gasteiger partial charge in [-0.25, -0.2) is 0 Å². The summed E-state index contributed by atoms with van der Waals surface area (Å²) < 4.78 is 0. The van der Waals surface area contributed by atoms with E-state index >= 15 is 0 Å². The number of thiophene rings is 1. The molecule has 4 N–H and O–H groups in total. The molecule has 6 heteroatoms. The number of nitrogen functional groups attached to an aromatic ring is 1. The van der Waals surface area contributed by atoms with Crippen LogP contribution in [0, 0.1) is 0 Å². The number of hydrogen-bond donors (Lipinski definition) is 2. The molecule has 0 radical (unpaired) electrons. The van der Waals surface area contributed by atoms with E-state index in [1.54, 1.807) is 11.4 Å². The van der Waals surface area contributed by atoms with Gasteiger partial charge < -0.3 is 16.4 Å². The molecule has 1 heterocycles. The van der Waals surface area contributed by atoms with Gasteiger partial charge in [0.1, 0.15) is 4.88 Å². The van der Waals surface area contributed by atoms with Crippen LogP contribution in [0.15, 0.2) is 11.4 Å². The minimum Gasteiger partial charge on any atom is -0.397 e. The van der Waals surface area contributed by atoms with Crippen LogP contribution < -0.4 is 11.5 Å². The summed E-state index contributed by atoms with van der Waals surface area (Å²) in [6, 6.07) is 1.57. The summed E-state index contributed by atoms with van der Waals surface area (Å²) in [5.74, 6) is -0.779. The zero-order chi connectivity index (χ0) is 12.3. The third-order valence-corrected chi connectivity index (χ3v) is 3.02. The Morgan fingerprint density at radius 2 is 2.12 bits per heavy atom. The number of primary amides is 1. The molecule has 0 bridgehead atoms. The largest absolute Gasteiger partial charge is 0.397 e. The zero-order valence-corrected chi connectivity index (χ0v) is 10.1. The van der Waals surface area contributed by atoms with E-state index in [9.17, 15) is 9.59 Å². The van der Waals surface area contributed by atoms with E-state index in [1.165, 1.54) is 16.2 Å². The van der Waals surface area contributed by atoms with Gasteiger partial charge in [-0.1, -0.05) is 0 Å². The van der Waals surface area contributed by atoms with Crippen molar-refractivity contribution >= 4 is 28.8 Å².